The predicted octanol–water partition coefficient (Wildman–Crippen LogP) is 3.55. The molecule has 0 radical (unpaired) electrons. The summed E-state index contributed by atoms with van der Waals surface area (Å²) >= 11 is 0. The van der Waals surface area contributed by atoms with Gasteiger partial charge in [0.05, 0.1) is 0 Å². The third kappa shape index (κ3) is 4.34. The molecule has 106 valence electrons. The second-order valence-corrected chi connectivity index (χ2v) is 5.17. The third-order valence-corrected chi connectivity index (χ3v) is 3.58. The van der Waals surface area contributed by atoms with Crippen molar-refractivity contribution in [3.63, 3.8) is 0 Å². The van der Waals surface area contributed by atoms with Gasteiger partial charge < -0.3 is 5.11 Å². The number of nitrogens with zero attached hydrogens (tertiary/aromatic N) is 1. The average Bonchev–Trinajstić information content (AvgIpc) is 2.46. The highest BCUT2D eigenvalue weighted by Gasteiger charge is 2.06. The smallest absolute Gasteiger partial charge is 0.303 e. The lowest BCUT2D eigenvalue weighted by molar-refractivity contribution is -0.671. The van der Waals surface area contributed by atoms with Crippen LogP contribution >= 0.6 is 0 Å². The van der Waals surface area contributed by atoms with Gasteiger partial charge in [0, 0.05) is 30.4 Å². The fraction of sp³-hybridized carbons (Fsp3) is 0.412. The summed E-state index contributed by atoms with van der Waals surface area (Å²) in [6, 6.07) is 12.7. The van der Waals surface area contributed by atoms with Crippen molar-refractivity contribution in [2.75, 3.05) is 0 Å². The van der Waals surface area contributed by atoms with Crippen molar-refractivity contribution in [3.8, 4) is 0 Å². The summed E-state index contributed by atoms with van der Waals surface area (Å²) in [7, 11) is 0. The maximum absolute atomic E-state index is 10.4. The molecule has 0 aliphatic heterocycles. The minimum atomic E-state index is -0.684. The van der Waals surface area contributed by atoms with E-state index in [4.69, 9.17) is 5.11 Å². The number of unbranched alkanes of at least 4 members (excludes halogenated alkanes) is 4. The van der Waals surface area contributed by atoms with E-state index in [-0.39, 0.29) is 0 Å². The van der Waals surface area contributed by atoms with E-state index in [2.05, 4.69) is 47.2 Å². The van der Waals surface area contributed by atoms with E-state index >= 15 is 0 Å². The monoisotopic (exact) mass is 272 g/mol. The van der Waals surface area contributed by atoms with Crippen LogP contribution < -0.4 is 4.57 Å². The predicted molar refractivity (Wildman–Crippen MR) is 79.5 cm³/mol. The number of para-hydroxylation sites is 1. The second-order valence-electron chi connectivity index (χ2n) is 5.17. The van der Waals surface area contributed by atoms with Crippen LogP contribution in [0.15, 0.2) is 42.6 Å². The molecule has 3 heteroatoms. The van der Waals surface area contributed by atoms with Gasteiger partial charge in [-0.05, 0) is 25.0 Å². The van der Waals surface area contributed by atoms with Gasteiger partial charge in [-0.15, -0.1) is 0 Å². The molecule has 1 N–H and O–H groups in total. The summed E-state index contributed by atoms with van der Waals surface area (Å²) < 4.78 is 2.30. The maximum atomic E-state index is 10.4. The molecule has 1 heterocycles. The quantitative estimate of drug-likeness (QED) is 0.589. The Morgan fingerprint density at radius 3 is 2.50 bits per heavy atom. The molecule has 0 aliphatic carbocycles. The van der Waals surface area contributed by atoms with E-state index in [0.29, 0.717) is 6.42 Å². The van der Waals surface area contributed by atoms with Crippen molar-refractivity contribution >= 4 is 16.9 Å². The van der Waals surface area contributed by atoms with Crippen molar-refractivity contribution in [1.82, 2.24) is 0 Å². The number of pyridine rings is 1. The average molecular weight is 272 g/mol. The molecule has 1 aromatic carbocycles. The number of carbonyl (C=O) groups is 1. The number of hydrogen-bond acceptors (Lipinski definition) is 1. The van der Waals surface area contributed by atoms with Crippen LogP contribution in [0.2, 0.25) is 0 Å². The Morgan fingerprint density at radius 1 is 0.950 bits per heavy atom. The molecule has 1 aromatic heterocycles. The summed E-state index contributed by atoms with van der Waals surface area (Å²) in [6.45, 7) is 1.03. The van der Waals surface area contributed by atoms with Crippen molar-refractivity contribution in [2.45, 2.75) is 45.1 Å². The molecule has 0 saturated carbocycles. The van der Waals surface area contributed by atoms with E-state index in [0.717, 1.165) is 38.6 Å². The molecule has 0 aliphatic rings. The normalized spacial score (nSPS) is 10.8. The first-order valence-electron chi connectivity index (χ1n) is 7.36. The summed E-state index contributed by atoms with van der Waals surface area (Å²) in [5.74, 6) is -0.684. The standard InChI is InChI=1S/C17H21NO2/c19-17(20)12-4-2-1-3-7-13-18-14-8-10-15-9-5-6-11-16(15)18/h5-6,8-11,14H,1-4,7,12-13H2/p+1. The molecule has 0 unspecified atom stereocenters. The largest absolute Gasteiger partial charge is 0.481 e. The Labute approximate surface area is 119 Å². The van der Waals surface area contributed by atoms with E-state index in [9.17, 15) is 4.79 Å². The molecule has 0 bridgehead atoms. The van der Waals surface area contributed by atoms with Crippen molar-refractivity contribution in [1.29, 1.82) is 0 Å². The van der Waals surface area contributed by atoms with Crippen LogP contribution in [0.4, 0.5) is 0 Å². The SMILES string of the molecule is O=C(O)CCCCCCC[n+]1cccc2ccccc21. The summed E-state index contributed by atoms with van der Waals surface area (Å²) in [5.41, 5.74) is 1.28. The zero-order valence-corrected chi connectivity index (χ0v) is 11.8. The fourth-order valence-electron chi connectivity index (χ4n) is 2.50. The van der Waals surface area contributed by atoms with E-state index in [1.165, 1.54) is 10.9 Å². The minimum Gasteiger partial charge on any atom is -0.481 e. The number of carboxylic acid groups (broad SMARTS) is 1. The van der Waals surface area contributed by atoms with Gasteiger partial charge in [0.2, 0.25) is 5.52 Å². The molecular formula is C17H22NO2+. The van der Waals surface area contributed by atoms with Gasteiger partial charge in [-0.25, -0.2) is 0 Å². The van der Waals surface area contributed by atoms with E-state index < -0.39 is 5.97 Å². The van der Waals surface area contributed by atoms with Crippen molar-refractivity contribution < 1.29 is 14.5 Å². The molecule has 0 saturated heterocycles. The van der Waals surface area contributed by atoms with E-state index in [1.54, 1.807) is 0 Å². The van der Waals surface area contributed by atoms with Gasteiger partial charge in [0.25, 0.3) is 0 Å². The van der Waals surface area contributed by atoms with Gasteiger partial charge in [-0.1, -0.05) is 25.0 Å². The third-order valence-electron chi connectivity index (χ3n) is 3.58. The Kier molecular flexibility index (Phi) is 5.54. The summed E-state index contributed by atoms with van der Waals surface area (Å²) in [5, 5.41) is 9.84. The number of hydrogen-bond donors (Lipinski definition) is 1. The van der Waals surface area contributed by atoms with Crippen LogP contribution in [-0.4, -0.2) is 11.1 Å². The second kappa shape index (κ2) is 7.63. The van der Waals surface area contributed by atoms with E-state index in [1.807, 2.05) is 0 Å². The molecule has 0 spiro atoms. The Balaban J connectivity index is 1.75. The highest BCUT2D eigenvalue weighted by atomic mass is 16.4. The van der Waals surface area contributed by atoms with Crippen LogP contribution in [0.1, 0.15) is 38.5 Å². The first-order valence-corrected chi connectivity index (χ1v) is 7.36. The minimum absolute atomic E-state index is 0.304. The summed E-state index contributed by atoms with van der Waals surface area (Å²) in [6.07, 6.45) is 7.69. The van der Waals surface area contributed by atoms with Crippen LogP contribution in [0.5, 0.6) is 0 Å². The summed E-state index contributed by atoms with van der Waals surface area (Å²) in [4.78, 5) is 10.4. The molecule has 0 fully saturated rings. The molecule has 20 heavy (non-hydrogen) atoms. The molecule has 3 nitrogen and oxygen atoms in total. The lowest BCUT2D eigenvalue weighted by atomic mass is 10.1. The molecule has 0 atom stereocenters. The van der Waals surface area contributed by atoms with Gasteiger partial charge in [-0.3, -0.25) is 4.79 Å². The number of carboxylic acids is 1. The number of aromatic nitrogens is 1. The Bertz CT molecular complexity index is 560. The first kappa shape index (κ1) is 14.5. The molecule has 2 rings (SSSR count). The molecule has 0 amide bonds. The van der Waals surface area contributed by atoms with Gasteiger partial charge in [-0.2, -0.15) is 4.57 Å². The lowest BCUT2D eigenvalue weighted by Crippen LogP contribution is -2.33. The fourth-order valence-corrected chi connectivity index (χ4v) is 2.50. The van der Waals surface area contributed by atoms with Gasteiger partial charge in [0.1, 0.15) is 6.54 Å². The van der Waals surface area contributed by atoms with Gasteiger partial charge in [0.15, 0.2) is 6.20 Å². The molecule has 2 aromatic rings. The zero-order valence-electron chi connectivity index (χ0n) is 11.8. The highest BCUT2D eigenvalue weighted by molar-refractivity contribution is 5.74. The Hall–Kier alpha value is -1.90. The van der Waals surface area contributed by atoms with Crippen LogP contribution in [0.3, 0.4) is 0 Å². The molecular weight excluding hydrogens is 250 g/mol. The maximum Gasteiger partial charge on any atom is 0.303 e. The first-order chi connectivity index (χ1) is 9.77. The topological polar surface area (TPSA) is 41.2 Å². The van der Waals surface area contributed by atoms with Crippen LogP contribution in [0, 0.1) is 0 Å². The lowest BCUT2D eigenvalue weighted by Gasteiger charge is -2.02. The Morgan fingerprint density at radius 2 is 1.65 bits per heavy atom. The number of fused-ring (bicyclic) bond motifs is 1. The zero-order chi connectivity index (χ0) is 14.2. The van der Waals surface area contributed by atoms with Crippen LogP contribution in [-0.2, 0) is 11.3 Å². The van der Waals surface area contributed by atoms with Crippen molar-refractivity contribution in [2.24, 2.45) is 0 Å². The van der Waals surface area contributed by atoms with Gasteiger partial charge >= 0.3 is 5.97 Å². The highest BCUT2D eigenvalue weighted by Crippen LogP contribution is 2.09. The van der Waals surface area contributed by atoms with Crippen LogP contribution in [0.25, 0.3) is 10.9 Å². The number of benzene rings is 1. The number of aryl methyl sites for hydroxylation is 1. The number of aliphatic carboxylic acids is 1. The van der Waals surface area contributed by atoms with Crippen molar-refractivity contribution in [3.05, 3.63) is 42.6 Å². The number of rotatable bonds is 8.